The van der Waals surface area contributed by atoms with Gasteiger partial charge in [-0.15, -0.1) is 6.42 Å². The predicted octanol–water partition coefficient (Wildman–Crippen LogP) is 1.29. The number of amides is 4. The number of nitrogens with one attached hydrogen (secondary N) is 2. The van der Waals surface area contributed by atoms with E-state index < -0.39 is 18.0 Å². The molecule has 0 bridgehead atoms. The van der Waals surface area contributed by atoms with E-state index in [1.165, 1.54) is 9.80 Å². The molecule has 2 saturated heterocycles. The van der Waals surface area contributed by atoms with Crippen molar-refractivity contribution in [1.29, 1.82) is 0 Å². The molecule has 2 aromatic rings. The monoisotopic (exact) mass is 491 g/mol. The highest BCUT2D eigenvalue weighted by atomic mass is 16.2. The van der Waals surface area contributed by atoms with Crippen LogP contribution in [0.15, 0.2) is 30.5 Å². The molecule has 2 aliphatic heterocycles. The van der Waals surface area contributed by atoms with Crippen LogP contribution >= 0.6 is 0 Å². The van der Waals surface area contributed by atoms with Crippen LogP contribution in [0.25, 0.3) is 10.9 Å². The molecule has 4 amide bonds. The lowest BCUT2D eigenvalue weighted by Gasteiger charge is -2.34. The number of aromatic nitrogens is 1. The van der Waals surface area contributed by atoms with Crippen LogP contribution in [0.5, 0.6) is 0 Å². The number of H-pyrrole nitrogens is 1. The van der Waals surface area contributed by atoms with E-state index in [4.69, 9.17) is 6.42 Å². The van der Waals surface area contributed by atoms with Gasteiger partial charge in [0.25, 0.3) is 0 Å². The van der Waals surface area contributed by atoms with Crippen LogP contribution in [-0.2, 0) is 25.6 Å². The molecule has 2 atom stereocenters. The number of fused-ring (bicyclic) bond motifs is 2. The van der Waals surface area contributed by atoms with Crippen LogP contribution in [0.3, 0.4) is 0 Å². The average Bonchev–Trinajstić information content (AvgIpc) is 3.52. The summed E-state index contributed by atoms with van der Waals surface area (Å²) in [5, 5.41) is 3.81. The van der Waals surface area contributed by atoms with E-state index in [0.717, 1.165) is 29.3 Å². The minimum Gasteiger partial charge on any atom is -0.361 e. The van der Waals surface area contributed by atoms with Gasteiger partial charge in [0, 0.05) is 36.6 Å². The molecule has 9 heteroatoms. The molecule has 4 rings (SSSR count). The number of para-hydroxylation sites is 1. The topological polar surface area (TPSA) is 106 Å². The highest BCUT2D eigenvalue weighted by Crippen LogP contribution is 2.22. The summed E-state index contributed by atoms with van der Waals surface area (Å²) in [6.45, 7) is 2.42. The van der Waals surface area contributed by atoms with E-state index in [-0.39, 0.29) is 43.8 Å². The normalized spacial score (nSPS) is 21.7. The third-order valence-corrected chi connectivity index (χ3v) is 6.94. The maximum atomic E-state index is 13.8. The molecule has 190 valence electrons. The van der Waals surface area contributed by atoms with Crippen molar-refractivity contribution in [2.24, 2.45) is 0 Å². The first-order valence-corrected chi connectivity index (χ1v) is 12.6. The van der Waals surface area contributed by atoms with Gasteiger partial charge in [-0.05, 0) is 30.9 Å². The highest BCUT2D eigenvalue weighted by Gasteiger charge is 2.39. The van der Waals surface area contributed by atoms with Gasteiger partial charge in [0.05, 0.1) is 13.1 Å². The SMILES string of the molecule is C#CCN1CC(=O)N[C@@H](Cc2c[nH]c3ccccc23)C(=O)N(CCCC)CC(=O)N2CCC[C@@H]2C1=O. The average molecular weight is 492 g/mol. The summed E-state index contributed by atoms with van der Waals surface area (Å²) in [5.41, 5.74) is 1.82. The minimum atomic E-state index is -0.891. The number of terminal acetylenes is 1. The van der Waals surface area contributed by atoms with Crippen LogP contribution in [-0.4, -0.2) is 88.1 Å². The van der Waals surface area contributed by atoms with Crippen molar-refractivity contribution in [3.63, 3.8) is 0 Å². The maximum absolute atomic E-state index is 13.8. The van der Waals surface area contributed by atoms with Gasteiger partial charge in [-0.3, -0.25) is 19.2 Å². The van der Waals surface area contributed by atoms with E-state index >= 15 is 0 Å². The Morgan fingerprint density at radius 3 is 2.67 bits per heavy atom. The van der Waals surface area contributed by atoms with Gasteiger partial charge >= 0.3 is 0 Å². The van der Waals surface area contributed by atoms with E-state index in [1.54, 1.807) is 4.90 Å². The van der Waals surface area contributed by atoms with Gasteiger partial charge in [-0.25, -0.2) is 0 Å². The van der Waals surface area contributed by atoms with Crippen molar-refractivity contribution in [2.45, 2.75) is 51.1 Å². The second-order valence-corrected chi connectivity index (χ2v) is 9.44. The molecule has 0 aliphatic carbocycles. The van der Waals surface area contributed by atoms with Gasteiger partial charge in [0.2, 0.25) is 23.6 Å². The highest BCUT2D eigenvalue weighted by molar-refractivity contribution is 5.96. The largest absolute Gasteiger partial charge is 0.361 e. The molecule has 0 spiro atoms. The summed E-state index contributed by atoms with van der Waals surface area (Å²) in [7, 11) is 0. The first-order valence-electron chi connectivity index (χ1n) is 12.6. The van der Waals surface area contributed by atoms with Crippen molar-refractivity contribution in [2.75, 3.05) is 32.7 Å². The molecule has 0 radical (unpaired) electrons. The smallest absolute Gasteiger partial charge is 0.246 e. The van der Waals surface area contributed by atoms with Gasteiger partial charge in [-0.1, -0.05) is 37.5 Å². The van der Waals surface area contributed by atoms with Crippen molar-refractivity contribution < 1.29 is 19.2 Å². The summed E-state index contributed by atoms with van der Waals surface area (Å²) in [6.07, 6.45) is 10.3. The Bertz CT molecular complexity index is 1180. The van der Waals surface area contributed by atoms with E-state index in [0.29, 0.717) is 25.9 Å². The van der Waals surface area contributed by atoms with Gasteiger partial charge < -0.3 is 25.0 Å². The van der Waals surface area contributed by atoms with Crippen molar-refractivity contribution in [3.8, 4) is 12.3 Å². The molecule has 2 aliphatic rings. The van der Waals surface area contributed by atoms with E-state index in [9.17, 15) is 19.2 Å². The zero-order valence-electron chi connectivity index (χ0n) is 20.7. The molecular formula is C27H33N5O4. The van der Waals surface area contributed by atoms with Crippen LogP contribution < -0.4 is 5.32 Å². The number of hydrogen-bond donors (Lipinski definition) is 2. The lowest BCUT2D eigenvalue weighted by Crippen LogP contribution is -2.58. The Labute approximate surface area is 211 Å². The Kier molecular flexibility index (Phi) is 7.93. The Morgan fingerprint density at radius 1 is 1.08 bits per heavy atom. The fraction of sp³-hybridized carbons (Fsp3) is 0.481. The molecule has 36 heavy (non-hydrogen) atoms. The summed E-state index contributed by atoms with van der Waals surface area (Å²) in [4.78, 5) is 61.1. The molecule has 0 saturated carbocycles. The van der Waals surface area contributed by atoms with Gasteiger partial charge in [0.1, 0.15) is 18.6 Å². The van der Waals surface area contributed by atoms with Crippen LogP contribution in [0.1, 0.15) is 38.2 Å². The zero-order chi connectivity index (χ0) is 25.7. The number of rotatable bonds is 6. The number of aromatic amines is 1. The summed E-state index contributed by atoms with van der Waals surface area (Å²) in [6, 6.07) is 6.20. The number of hydrogen-bond acceptors (Lipinski definition) is 4. The van der Waals surface area contributed by atoms with Crippen molar-refractivity contribution in [1.82, 2.24) is 25.0 Å². The summed E-state index contributed by atoms with van der Waals surface area (Å²) >= 11 is 0. The fourth-order valence-electron chi connectivity index (χ4n) is 5.08. The minimum absolute atomic E-state index is 0.0472. The summed E-state index contributed by atoms with van der Waals surface area (Å²) in [5.74, 6) is 1.10. The number of nitrogens with zero attached hydrogens (tertiary/aromatic N) is 3. The van der Waals surface area contributed by atoms with E-state index in [2.05, 4.69) is 16.2 Å². The first-order chi connectivity index (χ1) is 17.4. The van der Waals surface area contributed by atoms with Gasteiger partial charge in [-0.2, -0.15) is 0 Å². The lowest BCUT2D eigenvalue weighted by atomic mass is 10.0. The van der Waals surface area contributed by atoms with Crippen molar-refractivity contribution in [3.05, 3.63) is 36.0 Å². The van der Waals surface area contributed by atoms with Crippen LogP contribution in [0.2, 0.25) is 0 Å². The molecule has 0 unspecified atom stereocenters. The Balaban J connectivity index is 1.68. The molecule has 2 fully saturated rings. The Morgan fingerprint density at radius 2 is 1.89 bits per heavy atom. The number of carbonyl (C=O) groups is 4. The summed E-state index contributed by atoms with van der Waals surface area (Å²) < 4.78 is 0. The number of carbonyl (C=O) groups excluding carboxylic acids is 4. The van der Waals surface area contributed by atoms with E-state index in [1.807, 2.05) is 37.4 Å². The standard InChI is InChI=1S/C27H33N5O4/c1-3-5-13-31-18-25(34)32-14-8-11-23(32)27(36)30(12-4-2)17-24(33)29-22(26(31)35)15-19-16-28-21-10-7-6-9-20(19)21/h2,6-7,9-10,16,22-23,28H,3,5,8,11-15,17-18H2,1H3,(H,29,33)/t22-,23+/m0/s1. The molecule has 3 heterocycles. The predicted molar refractivity (Wildman–Crippen MR) is 136 cm³/mol. The third-order valence-electron chi connectivity index (χ3n) is 6.94. The second kappa shape index (κ2) is 11.3. The first kappa shape index (κ1) is 25.3. The molecular weight excluding hydrogens is 458 g/mol. The Hall–Kier alpha value is -3.80. The van der Waals surface area contributed by atoms with Crippen LogP contribution in [0, 0.1) is 12.3 Å². The zero-order valence-corrected chi connectivity index (χ0v) is 20.7. The molecule has 2 N–H and O–H groups in total. The lowest BCUT2D eigenvalue weighted by molar-refractivity contribution is -0.149. The number of benzene rings is 1. The van der Waals surface area contributed by atoms with Crippen LogP contribution in [0.4, 0.5) is 0 Å². The maximum Gasteiger partial charge on any atom is 0.246 e. The third kappa shape index (κ3) is 5.38. The van der Waals surface area contributed by atoms with Gasteiger partial charge in [0.15, 0.2) is 0 Å². The van der Waals surface area contributed by atoms with Crippen molar-refractivity contribution >= 4 is 34.5 Å². The fourth-order valence-corrected chi connectivity index (χ4v) is 5.08. The number of unbranched alkanes of at least 4 members (excludes halogenated alkanes) is 1. The molecule has 9 nitrogen and oxygen atoms in total. The second-order valence-electron chi connectivity index (χ2n) is 9.44. The molecule has 1 aromatic heterocycles. The quantitative estimate of drug-likeness (QED) is 0.594. The molecule has 1 aromatic carbocycles.